The van der Waals surface area contributed by atoms with Gasteiger partial charge in [0.2, 0.25) is 0 Å². The molecule has 0 radical (unpaired) electrons. The number of nitrogens with zero attached hydrogens (tertiary/aromatic N) is 2. The highest BCUT2D eigenvalue weighted by Gasteiger charge is 2.44. The zero-order chi connectivity index (χ0) is 19.3. The summed E-state index contributed by atoms with van der Waals surface area (Å²) in [5.41, 5.74) is 0.0251. The topological polar surface area (TPSA) is 59.1 Å². The summed E-state index contributed by atoms with van der Waals surface area (Å²) in [6.45, 7) is 2.93. The second-order valence-electron chi connectivity index (χ2n) is 5.47. The molecular weight excluding hydrogens is 360 g/mol. The Morgan fingerprint density at radius 3 is 2.35 bits per heavy atom. The Labute approximate surface area is 147 Å². The number of hydrogen-bond acceptors (Lipinski definition) is 4. The molecular formula is C16H18F4N2O4. The van der Waals surface area contributed by atoms with Gasteiger partial charge in [-0.05, 0) is 25.1 Å². The highest BCUT2D eigenvalue weighted by atomic mass is 19.3. The van der Waals surface area contributed by atoms with Crippen LogP contribution in [0.3, 0.4) is 0 Å². The second kappa shape index (κ2) is 8.24. The minimum atomic E-state index is -4.65. The highest BCUT2D eigenvalue weighted by molar-refractivity contribution is 5.94. The van der Waals surface area contributed by atoms with Gasteiger partial charge < -0.3 is 19.3 Å². The van der Waals surface area contributed by atoms with Crippen molar-refractivity contribution in [2.45, 2.75) is 19.5 Å². The zero-order valence-corrected chi connectivity index (χ0v) is 14.0. The molecule has 26 heavy (non-hydrogen) atoms. The monoisotopic (exact) mass is 378 g/mol. The molecule has 0 saturated carbocycles. The maximum atomic E-state index is 13.0. The summed E-state index contributed by atoms with van der Waals surface area (Å²) in [4.78, 5) is 27.0. The van der Waals surface area contributed by atoms with Gasteiger partial charge >= 0.3 is 18.6 Å². The fourth-order valence-corrected chi connectivity index (χ4v) is 2.38. The Balaban J connectivity index is 2.00. The van der Waals surface area contributed by atoms with E-state index in [4.69, 9.17) is 4.74 Å². The Morgan fingerprint density at radius 2 is 1.77 bits per heavy atom. The van der Waals surface area contributed by atoms with E-state index in [0.29, 0.717) is 0 Å². The lowest BCUT2D eigenvalue weighted by Crippen LogP contribution is -2.50. The molecule has 1 heterocycles. The number of piperazine rings is 1. The zero-order valence-electron chi connectivity index (χ0n) is 14.0. The van der Waals surface area contributed by atoms with E-state index in [9.17, 15) is 27.2 Å². The van der Waals surface area contributed by atoms with Crippen LogP contribution in [0.25, 0.3) is 0 Å². The predicted octanol–water partition coefficient (Wildman–Crippen LogP) is 2.84. The van der Waals surface area contributed by atoms with Gasteiger partial charge in [-0.25, -0.2) is 4.79 Å². The van der Waals surface area contributed by atoms with Gasteiger partial charge in [-0.1, -0.05) is 6.07 Å². The molecule has 1 aromatic rings. The first kappa shape index (κ1) is 19.8. The van der Waals surface area contributed by atoms with Gasteiger partial charge in [-0.15, -0.1) is 0 Å². The number of benzene rings is 1. The smallest absolute Gasteiger partial charge is 0.450 e. The van der Waals surface area contributed by atoms with Crippen LogP contribution in [0.5, 0.6) is 5.75 Å². The van der Waals surface area contributed by atoms with Crippen LogP contribution in [0.4, 0.5) is 22.4 Å². The molecule has 0 bridgehead atoms. The molecule has 6 nitrogen and oxygen atoms in total. The molecule has 1 aromatic carbocycles. The van der Waals surface area contributed by atoms with Crippen LogP contribution in [0, 0.1) is 0 Å². The largest absolute Gasteiger partial charge is 0.461 e. The molecule has 1 aliphatic heterocycles. The van der Waals surface area contributed by atoms with Crippen LogP contribution >= 0.6 is 0 Å². The van der Waals surface area contributed by atoms with Crippen LogP contribution in [0.2, 0.25) is 0 Å². The maximum Gasteiger partial charge on any atom is 0.461 e. The van der Waals surface area contributed by atoms with Crippen LogP contribution in [-0.4, -0.2) is 67.1 Å². The first-order valence-corrected chi connectivity index (χ1v) is 7.90. The van der Waals surface area contributed by atoms with E-state index in [2.05, 4.69) is 4.74 Å². The minimum absolute atomic E-state index is 0.0251. The lowest BCUT2D eigenvalue weighted by Gasteiger charge is -2.34. The minimum Gasteiger partial charge on any atom is -0.450 e. The molecule has 0 unspecified atom stereocenters. The van der Waals surface area contributed by atoms with Gasteiger partial charge in [-0.2, -0.15) is 17.6 Å². The molecule has 0 atom stereocenters. The van der Waals surface area contributed by atoms with E-state index in [1.807, 2.05) is 0 Å². The molecule has 0 N–H and O–H groups in total. The Kier molecular flexibility index (Phi) is 6.27. The van der Waals surface area contributed by atoms with Crippen LogP contribution < -0.4 is 4.74 Å². The standard InChI is InChI=1S/C16H18F4N2O4/c1-2-25-15(24)22-8-6-21(7-9-22)13(23)11-4-3-5-12(10-11)26-16(19,20)14(17)18/h3-5,10,14H,2,6-9H2,1H3. The highest BCUT2D eigenvalue weighted by Crippen LogP contribution is 2.28. The third kappa shape index (κ3) is 4.77. The molecule has 1 aliphatic rings. The fraction of sp³-hybridized carbons (Fsp3) is 0.500. The van der Waals surface area contributed by atoms with Crippen molar-refractivity contribution in [2.24, 2.45) is 0 Å². The van der Waals surface area contributed by atoms with Crippen molar-refractivity contribution < 1.29 is 36.6 Å². The van der Waals surface area contributed by atoms with Crippen molar-refractivity contribution in [2.75, 3.05) is 32.8 Å². The van der Waals surface area contributed by atoms with E-state index in [1.54, 1.807) is 6.92 Å². The van der Waals surface area contributed by atoms with Gasteiger partial charge in [0.25, 0.3) is 5.91 Å². The summed E-state index contributed by atoms with van der Waals surface area (Å²) in [6.07, 6.45) is -9.10. The van der Waals surface area contributed by atoms with Crippen molar-refractivity contribution >= 4 is 12.0 Å². The lowest BCUT2D eigenvalue weighted by atomic mass is 10.1. The number of carbonyl (C=O) groups excluding carboxylic acids is 2. The van der Waals surface area contributed by atoms with Gasteiger partial charge in [0, 0.05) is 31.7 Å². The fourth-order valence-electron chi connectivity index (χ4n) is 2.38. The lowest BCUT2D eigenvalue weighted by molar-refractivity contribution is -0.253. The number of halogens is 4. The number of ether oxygens (including phenoxy) is 2. The number of amides is 2. The van der Waals surface area contributed by atoms with Gasteiger partial charge in [0.05, 0.1) is 6.61 Å². The summed E-state index contributed by atoms with van der Waals surface area (Å²) < 4.78 is 59.3. The average molecular weight is 378 g/mol. The second-order valence-corrected chi connectivity index (χ2v) is 5.47. The Bertz CT molecular complexity index is 649. The van der Waals surface area contributed by atoms with E-state index in [0.717, 1.165) is 12.1 Å². The Hall–Kier alpha value is -2.52. The third-order valence-electron chi connectivity index (χ3n) is 3.68. The molecule has 1 saturated heterocycles. The number of alkyl halides is 4. The summed E-state index contributed by atoms with van der Waals surface area (Å²) in [5, 5.41) is 0. The maximum absolute atomic E-state index is 13.0. The van der Waals surface area contributed by atoms with E-state index in [-0.39, 0.29) is 38.3 Å². The van der Waals surface area contributed by atoms with Crippen molar-refractivity contribution in [1.29, 1.82) is 0 Å². The molecule has 0 aromatic heterocycles. The molecule has 0 spiro atoms. The first-order chi connectivity index (χ1) is 12.2. The average Bonchev–Trinajstić information content (AvgIpc) is 2.61. The SMILES string of the molecule is CCOC(=O)N1CCN(C(=O)c2cccc(OC(F)(F)C(F)F)c2)CC1. The third-order valence-corrected chi connectivity index (χ3v) is 3.68. The van der Waals surface area contributed by atoms with E-state index >= 15 is 0 Å². The molecule has 0 aliphatic carbocycles. The molecule has 10 heteroatoms. The van der Waals surface area contributed by atoms with Gasteiger partial charge in [0.1, 0.15) is 5.75 Å². The first-order valence-electron chi connectivity index (χ1n) is 7.90. The van der Waals surface area contributed by atoms with Crippen molar-refractivity contribution in [3.8, 4) is 5.75 Å². The molecule has 144 valence electrons. The van der Waals surface area contributed by atoms with Gasteiger partial charge in [-0.3, -0.25) is 4.79 Å². The summed E-state index contributed by atoms with van der Waals surface area (Å²) in [6, 6.07) is 4.68. The predicted molar refractivity (Wildman–Crippen MR) is 82.5 cm³/mol. The van der Waals surface area contributed by atoms with Crippen molar-refractivity contribution in [1.82, 2.24) is 9.80 Å². The number of rotatable bonds is 5. The normalized spacial score (nSPS) is 15.2. The molecule has 2 rings (SSSR count). The number of carbonyl (C=O) groups is 2. The molecule has 1 fully saturated rings. The van der Waals surface area contributed by atoms with Gasteiger partial charge in [0.15, 0.2) is 0 Å². The summed E-state index contributed by atoms with van der Waals surface area (Å²) in [7, 11) is 0. The van der Waals surface area contributed by atoms with Crippen molar-refractivity contribution in [3.63, 3.8) is 0 Å². The van der Waals surface area contributed by atoms with Crippen LogP contribution in [0.15, 0.2) is 24.3 Å². The quantitative estimate of drug-likeness (QED) is 0.740. The van der Waals surface area contributed by atoms with E-state index in [1.165, 1.54) is 21.9 Å². The molecule has 2 amide bonds. The number of hydrogen-bond donors (Lipinski definition) is 0. The van der Waals surface area contributed by atoms with Crippen LogP contribution in [0.1, 0.15) is 17.3 Å². The summed E-state index contributed by atoms with van der Waals surface area (Å²) in [5.74, 6) is -1.01. The van der Waals surface area contributed by atoms with Crippen LogP contribution in [-0.2, 0) is 4.74 Å². The van der Waals surface area contributed by atoms with E-state index < -0.39 is 30.3 Å². The van der Waals surface area contributed by atoms with Crippen molar-refractivity contribution in [3.05, 3.63) is 29.8 Å². The summed E-state index contributed by atoms with van der Waals surface area (Å²) >= 11 is 0. The Morgan fingerprint density at radius 1 is 1.15 bits per heavy atom.